The van der Waals surface area contributed by atoms with Gasteiger partial charge in [0, 0.05) is 29.7 Å². The summed E-state index contributed by atoms with van der Waals surface area (Å²) in [7, 11) is 0. The molecule has 6 nitrogen and oxygen atoms in total. The van der Waals surface area contributed by atoms with Gasteiger partial charge in [0.15, 0.2) is 0 Å². The molecule has 2 amide bonds. The van der Waals surface area contributed by atoms with Gasteiger partial charge in [-0.15, -0.1) is 0 Å². The van der Waals surface area contributed by atoms with E-state index in [1.165, 1.54) is 0 Å². The molecule has 1 aromatic carbocycles. The van der Waals surface area contributed by atoms with E-state index in [4.69, 9.17) is 4.74 Å². The van der Waals surface area contributed by atoms with Crippen molar-refractivity contribution in [3.63, 3.8) is 0 Å². The van der Waals surface area contributed by atoms with Crippen molar-refractivity contribution in [2.45, 2.75) is 39.8 Å². The lowest BCUT2D eigenvalue weighted by molar-refractivity contribution is -0.110. The number of H-pyrrole nitrogens is 1. The maximum Gasteiger partial charge on any atom is 0.407 e. The van der Waals surface area contributed by atoms with E-state index in [0.717, 1.165) is 28.1 Å². The number of hydrogen-bond donors (Lipinski definition) is 3. The first kappa shape index (κ1) is 17.8. The number of fused-ring (bicyclic) bond motifs is 1. The Balaban J connectivity index is 1.83. The van der Waals surface area contributed by atoms with E-state index < -0.39 is 11.7 Å². The van der Waals surface area contributed by atoms with Crippen molar-refractivity contribution in [3.05, 3.63) is 53.3 Å². The molecule has 0 saturated heterocycles. The van der Waals surface area contributed by atoms with E-state index in [9.17, 15) is 9.59 Å². The smallest absolute Gasteiger partial charge is 0.407 e. The first-order chi connectivity index (χ1) is 12.2. The minimum absolute atomic E-state index is 0.121. The third-order valence-corrected chi connectivity index (χ3v) is 4.04. The summed E-state index contributed by atoms with van der Waals surface area (Å²) >= 11 is 0. The molecule has 6 heteroatoms. The molecule has 0 fully saturated rings. The quantitative estimate of drug-likeness (QED) is 0.731. The predicted octanol–water partition coefficient (Wildman–Crippen LogP) is 3.92. The average Bonchev–Trinajstić information content (AvgIpc) is 3.17. The minimum atomic E-state index is -0.540. The molecule has 0 spiro atoms. The zero-order chi connectivity index (χ0) is 18.9. The number of carbonyl (C=O) groups is 2. The molecule has 2 aromatic rings. The number of amides is 2. The zero-order valence-corrected chi connectivity index (χ0v) is 15.4. The Labute approximate surface area is 152 Å². The van der Waals surface area contributed by atoms with Crippen LogP contribution in [-0.2, 0) is 16.1 Å². The number of carbonyl (C=O) groups excluding carboxylic acids is 2. The number of alkyl carbamates (subject to hydrolysis) is 1. The van der Waals surface area contributed by atoms with Crippen molar-refractivity contribution in [2.24, 2.45) is 0 Å². The van der Waals surface area contributed by atoms with E-state index in [1.54, 1.807) is 0 Å². The van der Waals surface area contributed by atoms with Crippen LogP contribution in [0.5, 0.6) is 0 Å². The van der Waals surface area contributed by atoms with Gasteiger partial charge in [-0.3, -0.25) is 4.79 Å². The maximum atomic E-state index is 12.4. The molecule has 0 saturated carbocycles. The van der Waals surface area contributed by atoms with Crippen LogP contribution in [0.4, 0.5) is 10.5 Å². The van der Waals surface area contributed by atoms with E-state index in [2.05, 4.69) is 15.6 Å². The normalized spacial score (nSPS) is 15.3. The van der Waals surface area contributed by atoms with Crippen LogP contribution in [0, 0.1) is 0 Å². The van der Waals surface area contributed by atoms with Gasteiger partial charge in [0.05, 0.1) is 5.57 Å². The molecule has 0 atom stereocenters. The number of aromatic amines is 1. The second kappa shape index (κ2) is 6.71. The highest BCUT2D eigenvalue weighted by Gasteiger charge is 2.27. The Morgan fingerprint density at radius 2 is 2.00 bits per heavy atom. The second-order valence-corrected chi connectivity index (χ2v) is 7.27. The van der Waals surface area contributed by atoms with Gasteiger partial charge in [-0.1, -0.05) is 6.07 Å². The van der Waals surface area contributed by atoms with Crippen LogP contribution in [0.1, 0.15) is 44.5 Å². The SMILES string of the molecule is C/C(=C1\C(=O)Nc2ccc(CNC(=O)OC(C)(C)C)cc21)c1ccc[nH]1. The van der Waals surface area contributed by atoms with Crippen LogP contribution < -0.4 is 10.6 Å². The van der Waals surface area contributed by atoms with Crippen molar-refractivity contribution in [2.75, 3.05) is 5.32 Å². The Bertz CT molecular complexity index is 874. The Kier molecular flexibility index (Phi) is 4.59. The van der Waals surface area contributed by atoms with E-state index >= 15 is 0 Å². The van der Waals surface area contributed by atoms with Crippen LogP contribution in [0.2, 0.25) is 0 Å². The minimum Gasteiger partial charge on any atom is -0.444 e. The lowest BCUT2D eigenvalue weighted by Crippen LogP contribution is -2.32. The molecule has 0 unspecified atom stereocenters. The molecule has 0 bridgehead atoms. The fourth-order valence-electron chi connectivity index (χ4n) is 2.88. The summed E-state index contributed by atoms with van der Waals surface area (Å²) in [6.07, 6.45) is 1.36. The number of aromatic nitrogens is 1. The third-order valence-electron chi connectivity index (χ3n) is 4.04. The van der Waals surface area contributed by atoms with Crippen molar-refractivity contribution in [3.8, 4) is 0 Å². The van der Waals surface area contributed by atoms with Gasteiger partial charge in [-0.25, -0.2) is 4.79 Å². The van der Waals surface area contributed by atoms with Crippen molar-refractivity contribution in [1.29, 1.82) is 0 Å². The van der Waals surface area contributed by atoms with Gasteiger partial charge in [0.25, 0.3) is 5.91 Å². The summed E-state index contributed by atoms with van der Waals surface area (Å²) in [6.45, 7) is 7.70. The average molecular weight is 353 g/mol. The predicted molar refractivity (Wildman–Crippen MR) is 101 cm³/mol. The maximum absolute atomic E-state index is 12.4. The van der Waals surface area contributed by atoms with Gasteiger partial charge in [0.1, 0.15) is 5.60 Å². The summed E-state index contributed by atoms with van der Waals surface area (Å²) in [5.74, 6) is -0.121. The van der Waals surface area contributed by atoms with Crippen molar-refractivity contribution < 1.29 is 14.3 Å². The topological polar surface area (TPSA) is 83.2 Å². The summed E-state index contributed by atoms with van der Waals surface area (Å²) in [4.78, 5) is 27.4. The molecule has 0 aliphatic carbocycles. The monoisotopic (exact) mass is 353 g/mol. The van der Waals surface area contributed by atoms with Crippen LogP contribution in [-0.4, -0.2) is 22.6 Å². The third kappa shape index (κ3) is 3.79. The highest BCUT2D eigenvalue weighted by molar-refractivity contribution is 6.36. The Hall–Kier alpha value is -3.02. The molecule has 0 radical (unpaired) electrons. The number of benzene rings is 1. The van der Waals surface area contributed by atoms with Gasteiger partial charge >= 0.3 is 6.09 Å². The fourth-order valence-corrected chi connectivity index (χ4v) is 2.88. The first-order valence-electron chi connectivity index (χ1n) is 8.51. The molecule has 3 N–H and O–H groups in total. The number of rotatable bonds is 3. The molecule has 1 aliphatic rings. The van der Waals surface area contributed by atoms with Crippen LogP contribution in [0.3, 0.4) is 0 Å². The standard InChI is InChI=1S/C20H23N3O3/c1-12(15-6-5-9-21-15)17-14-10-13(7-8-16(14)23-18(17)24)11-22-19(25)26-20(2,3)4/h5-10,21H,11H2,1-4H3,(H,22,25)(H,23,24)/b17-12+. The number of allylic oxidation sites excluding steroid dienone is 1. The lowest BCUT2D eigenvalue weighted by atomic mass is 9.98. The Morgan fingerprint density at radius 3 is 2.65 bits per heavy atom. The molecular formula is C20H23N3O3. The zero-order valence-electron chi connectivity index (χ0n) is 15.4. The number of ether oxygens (including phenoxy) is 1. The number of nitrogens with one attached hydrogen (secondary N) is 3. The van der Waals surface area contributed by atoms with E-state index in [1.807, 2.05) is 64.2 Å². The number of anilines is 1. The van der Waals surface area contributed by atoms with Crippen LogP contribution in [0.25, 0.3) is 11.1 Å². The van der Waals surface area contributed by atoms with Crippen LogP contribution in [0.15, 0.2) is 36.5 Å². The van der Waals surface area contributed by atoms with Gasteiger partial charge < -0.3 is 20.4 Å². The van der Waals surface area contributed by atoms with E-state index in [-0.39, 0.29) is 5.91 Å². The molecule has 1 aliphatic heterocycles. The lowest BCUT2D eigenvalue weighted by Gasteiger charge is -2.19. The van der Waals surface area contributed by atoms with Gasteiger partial charge in [-0.05, 0) is 63.1 Å². The summed E-state index contributed by atoms with van der Waals surface area (Å²) in [5.41, 5.74) is 4.39. The fraction of sp³-hybridized carbons (Fsp3) is 0.300. The molecule has 1 aromatic heterocycles. The largest absolute Gasteiger partial charge is 0.444 e. The van der Waals surface area contributed by atoms with Gasteiger partial charge in [0.2, 0.25) is 0 Å². The van der Waals surface area contributed by atoms with Gasteiger partial charge in [-0.2, -0.15) is 0 Å². The van der Waals surface area contributed by atoms with Crippen molar-refractivity contribution in [1.82, 2.24) is 10.3 Å². The Morgan fingerprint density at radius 1 is 1.23 bits per heavy atom. The van der Waals surface area contributed by atoms with Crippen LogP contribution >= 0.6 is 0 Å². The number of hydrogen-bond acceptors (Lipinski definition) is 3. The highest BCUT2D eigenvalue weighted by Crippen LogP contribution is 2.37. The summed E-state index contributed by atoms with van der Waals surface area (Å²) in [6, 6.07) is 9.49. The molecule has 3 rings (SSSR count). The summed E-state index contributed by atoms with van der Waals surface area (Å²) in [5, 5.41) is 5.63. The molecular weight excluding hydrogens is 330 g/mol. The molecule has 136 valence electrons. The van der Waals surface area contributed by atoms with Crippen molar-refractivity contribution >= 4 is 28.8 Å². The first-order valence-corrected chi connectivity index (χ1v) is 8.51. The second-order valence-electron chi connectivity index (χ2n) is 7.27. The highest BCUT2D eigenvalue weighted by atomic mass is 16.6. The van der Waals surface area contributed by atoms with E-state index in [0.29, 0.717) is 12.1 Å². The summed E-state index contributed by atoms with van der Waals surface area (Å²) < 4.78 is 5.25. The molecule has 2 heterocycles. The molecule has 26 heavy (non-hydrogen) atoms.